The van der Waals surface area contributed by atoms with Gasteiger partial charge in [0.15, 0.2) is 0 Å². The molecule has 3 heterocycles. The molecule has 1 aliphatic rings. The van der Waals surface area contributed by atoms with Crippen LogP contribution in [0.15, 0.2) is 72.8 Å². The number of hydrogen-bond acceptors (Lipinski definition) is 6. The van der Waals surface area contributed by atoms with Crippen LogP contribution >= 0.6 is 0 Å². The summed E-state index contributed by atoms with van der Waals surface area (Å²) in [6.07, 6.45) is 0. The Labute approximate surface area is 247 Å². The van der Waals surface area contributed by atoms with Crippen molar-refractivity contribution in [3.05, 3.63) is 95.4 Å². The molecule has 0 aliphatic carbocycles. The van der Waals surface area contributed by atoms with E-state index in [1.165, 1.54) is 5.56 Å². The van der Waals surface area contributed by atoms with Crippen molar-refractivity contribution in [2.24, 2.45) is 0 Å². The largest absolute Gasteiger partial charge is 0.380 e. The number of carbonyl (C=O) groups is 2. The first-order valence-corrected chi connectivity index (χ1v) is 14.6. The van der Waals surface area contributed by atoms with Crippen molar-refractivity contribution < 1.29 is 14.3 Å². The molecule has 0 unspecified atom stereocenters. The minimum Gasteiger partial charge on any atom is -0.380 e. The average molecular weight is 566 g/mol. The summed E-state index contributed by atoms with van der Waals surface area (Å²) in [5.41, 5.74) is 6.85. The molecule has 0 saturated carbocycles. The highest BCUT2D eigenvalue weighted by Crippen LogP contribution is 2.29. The van der Waals surface area contributed by atoms with Gasteiger partial charge in [0.2, 0.25) is 0 Å². The van der Waals surface area contributed by atoms with E-state index in [0.29, 0.717) is 31.1 Å². The molecular weight excluding hydrogens is 526 g/mol. The molecule has 5 rings (SSSR count). The Kier molecular flexibility index (Phi) is 9.03. The number of piperazine rings is 1. The maximum atomic E-state index is 13.6. The third-order valence-electron chi connectivity index (χ3n) is 7.65. The molecule has 1 aliphatic heterocycles. The molecule has 4 aromatic rings. The number of carbonyl (C=O) groups excluding carboxylic acids is 2. The minimum atomic E-state index is -0.662. The molecule has 42 heavy (non-hydrogen) atoms. The van der Waals surface area contributed by atoms with Crippen LogP contribution in [-0.4, -0.2) is 60.6 Å². The summed E-state index contributed by atoms with van der Waals surface area (Å²) in [7, 11) is 0. The van der Waals surface area contributed by atoms with Crippen molar-refractivity contribution in [2.45, 2.75) is 34.2 Å². The van der Waals surface area contributed by atoms with E-state index in [9.17, 15) is 9.59 Å². The zero-order chi connectivity index (χ0) is 29.6. The van der Waals surface area contributed by atoms with Crippen molar-refractivity contribution >= 4 is 28.9 Å². The molecule has 0 atom stereocenters. The van der Waals surface area contributed by atoms with E-state index < -0.39 is 11.7 Å². The van der Waals surface area contributed by atoms with Crippen LogP contribution in [0.2, 0.25) is 0 Å². The van der Waals surface area contributed by atoms with Gasteiger partial charge in [-0.1, -0.05) is 30.3 Å². The summed E-state index contributed by atoms with van der Waals surface area (Å²) >= 11 is 0. The highest BCUT2D eigenvalue weighted by atomic mass is 16.5. The van der Waals surface area contributed by atoms with Crippen LogP contribution in [0, 0.1) is 20.8 Å². The monoisotopic (exact) mass is 565 g/mol. The topological polar surface area (TPSA) is 79.7 Å². The van der Waals surface area contributed by atoms with E-state index in [2.05, 4.69) is 34.2 Å². The molecule has 2 aromatic carbocycles. The van der Waals surface area contributed by atoms with Gasteiger partial charge < -0.3 is 24.4 Å². The van der Waals surface area contributed by atoms with Crippen LogP contribution in [0.1, 0.15) is 34.4 Å². The Morgan fingerprint density at radius 2 is 1.57 bits per heavy atom. The number of nitrogens with one attached hydrogen (secondary N) is 1. The van der Waals surface area contributed by atoms with Crippen molar-refractivity contribution in [1.29, 1.82) is 0 Å². The Hall–Kier alpha value is -4.43. The standard InChI is InChI=1S/C34H39N5O3/c1-5-42-20-19-39-26(4)23-30(27-9-7-6-8-10-27)32(39)33(40)34(41)36-28-11-13-29(14-12-28)37-15-17-38(18-16-37)31-22-24(2)21-25(3)35-31/h6-14,21-23H,5,15-20H2,1-4H3,(H,36,41). The van der Waals surface area contributed by atoms with Crippen LogP contribution in [0.3, 0.4) is 0 Å². The molecule has 218 valence electrons. The molecule has 8 nitrogen and oxygen atoms in total. The number of hydrogen-bond donors (Lipinski definition) is 1. The first-order valence-electron chi connectivity index (χ1n) is 14.6. The molecule has 1 N–H and O–H groups in total. The van der Waals surface area contributed by atoms with Gasteiger partial charge in [-0.3, -0.25) is 9.59 Å². The van der Waals surface area contributed by atoms with E-state index in [4.69, 9.17) is 9.72 Å². The summed E-state index contributed by atoms with van der Waals surface area (Å²) in [6.45, 7) is 13.1. The number of pyridine rings is 1. The highest BCUT2D eigenvalue weighted by molar-refractivity contribution is 6.47. The van der Waals surface area contributed by atoms with Gasteiger partial charge >= 0.3 is 0 Å². The molecule has 0 radical (unpaired) electrons. The summed E-state index contributed by atoms with van der Waals surface area (Å²) in [5, 5.41) is 2.82. The van der Waals surface area contributed by atoms with Gasteiger partial charge in [0, 0.05) is 67.7 Å². The summed E-state index contributed by atoms with van der Waals surface area (Å²) in [6, 6.07) is 23.6. The average Bonchev–Trinajstić information content (AvgIpc) is 3.33. The number of aryl methyl sites for hydroxylation is 3. The second-order valence-corrected chi connectivity index (χ2v) is 10.7. The van der Waals surface area contributed by atoms with Gasteiger partial charge in [-0.25, -0.2) is 4.98 Å². The number of nitrogens with zero attached hydrogens (tertiary/aromatic N) is 4. The maximum absolute atomic E-state index is 13.6. The molecule has 1 fully saturated rings. The third-order valence-corrected chi connectivity index (χ3v) is 7.65. The van der Waals surface area contributed by atoms with E-state index >= 15 is 0 Å². The maximum Gasteiger partial charge on any atom is 0.298 e. The molecule has 1 amide bonds. The van der Waals surface area contributed by atoms with E-state index in [0.717, 1.165) is 60.2 Å². The number of amides is 1. The molecule has 0 bridgehead atoms. The number of ether oxygens (including phenoxy) is 1. The van der Waals surface area contributed by atoms with Gasteiger partial charge in [0.05, 0.1) is 6.61 Å². The van der Waals surface area contributed by atoms with Gasteiger partial charge in [-0.15, -0.1) is 0 Å². The van der Waals surface area contributed by atoms with Crippen LogP contribution in [-0.2, 0) is 16.1 Å². The molecule has 8 heteroatoms. The van der Waals surface area contributed by atoms with Crippen LogP contribution < -0.4 is 15.1 Å². The third kappa shape index (κ3) is 6.55. The lowest BCUT2D eigenvalue weighted by atomic mass is 10.0. The number of aromatic nitrogens is 2. The SMILES string of the molecule is CCOCCn1c(C)cc(-c2ccccc2)c1C(=O)C(=O)Nc1ccc(N2CCN(c3cc(C)cc(C)n3)CC2)cc1. The fourth-order valence-electron chi connectivity index (χ4n) is 5.57. The number of Topliss-reactive ketones (excluding diaryl/α,β-unsaturated/α-hetero) is 1. The fourth-order valence-corrected chi connectivity index (χ4v) is 5.57. The van der Waals surface area contributed by atoms with E-state index in [1.807, 2.05) is 86.0 Å². The van der Waals surface area contributed by atoms with Gasteiger partial charge in [0.1, 0.15) is 11.5 Å². The predicted octanol–water partition coefficient (Wildman–Crippen LogP) is 5.66. The Bertz CT molecular complexity index is 1520. The number of rotatable bonds is 10. The lowest BCUT2D eigenvalue weighted by Gasteiger charge is -2.37. The van der Waals surface area contributed by atoms with Crippen LogP contribution in [0.5, 0.6) is 0 Å². The molecule has 1 saturated heterocycles. The van der Waals surface area contributed by atoms with E-state index in [-0.39, 0.29) is 0 Å². The number of anilines is 3. The predicted molar refractivity (Wildman–Crippen MR) is 169 cm³/mol. The smallest absolute Gasteiger partial charge is 0.298 e. The van der Waals surface area contributed by atoms with Gasteiger partial charge in [0.25, 0.3) is 11.7 Å². The summed E-state index contributed by atoms with van der Waals surface area (Å²) in [5.74, 6) is -0.201. The Balaban J connectivity index is 1.27. The summed E-state index contributed by atoms with van der Waals surface area (Å²) in [4.78, 5) is 36.3. The van der Waals surface area contributed by atoms with Crippen molar-refractivity contribution in [1.82, 2.24) is 9.55 Å². The van der Waals surface area contributed by atoms with Crippen LogP contribution in [0.25, 0.3) is 11.1 Å². The van der Waals surface area contributed by atoms with Gasteiger partial charge in [-0.05, 0) is 81.3 Å². The minimum absolute atomic E-state index is 0.378. The van der Waals surface area contributed by atoms with Crippen molar-refractivity contribution in [3.8, 4) is 11.1 Å². The first-order chi connectivity index (χ1) is 20.3. The second kappa shape index (κ2) is 13.0. The van der Waals surface area contributed by atoms with Gasteiger partial charge in [-0.2, -0.15) is 0 Å². The van der Waals surface area contributed by atoms with Crippen molar-refractivity contribution in [3.63, 3.8) is 0 Å². The lowest BCUT2D eigenvalue weighted by molar-refractivity contribution is -0.112. The zero-order valence-corrected chi connectivity index (χ0v) is 24.9. The normalized spacial score (nSPS) is 13.3. The Morgan fingerprint density at radius 1 is 0.881 bits per heavy atom. The number of benzene rings is 2. The fraction of sp³-hybridized carbons (Fsp3) is 0.324. The molecule has 0 spiro atoms. The Morgan fingerprint density at radius 3 is 2.24 bits per heavy atom. The summed E-state index contributed by atoms with van der Waals surface area (Å²) < 4.78 is 7.44. The van der Waals surface area contributed by atoms with E-state index in [1.54, 1.807) is 0 Å². The first kappa shape index (κ1) is 29.1. The molecular formula is C34H39N5O3. The number of ketones is 1. The highest BCUT2D eigenvalue weighted by Gasteiger charge is 2.26. The quantitative estimate of drug-likeness (QED) is 0.152. The van der Waals surface area contributed by atoms with Crippen LogP contribution in [0.4, 0.5) is 17.2 Å². The van der Waals surface area contributed by atoms with Crippen molar-refractivity contribution in [2.75, 3.05) is 54.5 Å². The lowest BCUT2D eigenvalue weighted by Crippen LogP contribution is -2.46. The molecule has 2 aromatic heterocycles. The zero-order valence-electron chi connectivity index (χ0n) is 24.9. The second-order valence-electron chi connectivity index (χ2n) is 10.7.